The van der Waals surface area contributed by atoms with Crippen LogP contribution in [0.3, 0.4) is 0 Å². The van der Waals surface area contributed by atoms with Crippen LogP contribution in [-0.4, -0.2) is 22.5 Å². The van der Waals surface area contributed by atoms with Crippen molar-refractivity contribution in [3.8, 4) is 5.75 Å². The van der Waals surface area contributed by atoms with Crippen molar-refractivity contribution in [2.45, 2.75) is 19.9 Å². The molecule has 25 heavy (non-hydrogen) atoms. The van der Waals surface area contributed by atoms with E-state index in [1.807, 2.05) is 38.1 Å². The first-order valence-corrected chi connectivity index (χ1v) is 8.53. The van der Waals surface area contributed by atoms with Crippen molar-refractivity contribution in [1.82, 2.24) is 15.3 Å². The molecule has 0 aliphatic heterocycles. The van der Waals surface area contributed by atoms with E-state index in [0.717, 1.165) is 16.9 Å². The fraction of sp³-hybridized carbons (Fsp3) is 0.263. The van der Waals surface area contributed by atoms with Crippen molar-refractivity contribution in [3.63, 3.8) is 0 Å². The Labute approximate surface area is 151 Å². The van der Waals surface area contributed by atoms with Gasteiger partial charge in [-0.1, -0.05) is 37.6 Å². The van der Waals surface area contributed by atoms with Crippen LogP contribution in [0.1, 0.15) is 25.7 Å². The first kappa shape index (κ1) is 17.3. The van der Waals surface area contributed by atoms with Gasteiger partial charge < -0.3 is 15.0 Å². The highest BCUT2D eigenvalue weighted by Crippen LogP contribution is 2.22. The quantitative estimate of drug-likeness (QED) is 0.697. The lowest BCUT2D eigenvalue weighted by molar-refractivity contribution is -0.124. The average Bonchev–Trinajstić information content (AvgIpc) is 3.02. The monoisotopic (exact) mass is 357 g/mol. The van der Waals surface area contributed by atoms with Gasteiger partial charge in [0.1, 0.15) is 11.6 Å². The molecule has 1 aromatic heterocycles. The lowest BCUT2D eigenvalue weighted by Gasteiger charge is -2.20. The third kappa shape index (κ3) is 4.31. The molecule has 1 atom stereocenters. The van der Waals surface area contributed by atoms with E-state index in [1.165, 1.54) is 0 Å². The second-order valence-corrected chi connectivity index (χ2v) is 6.61. The fourth-order valence-electron chi connectivity index (χ4n) is 2.57. The van der Waals surface area contributed by atoms with Crippen LogP contribution in [0.2, 0.25) is 5.02 Å². The first-order valence-electron chi connectivity index (χ1n) is 8.15. The molecule has 2 aromatic carbocycles. The Balaban J connectivity index is 1.66. The minimum absolute atomic E-state index is 0.0644. The number of benzene rings is 2. The molecule has 3 rings (SSSR count). The molecule has 0 bridgehead atoms. The number of hydrogen-bond donors (Lipinski definition) is 2. The molecule has 1 heterocycles. The van der Waals surface area contributed by atoms with Crippen molar-refractivity contribution < 1.29 is 9.53 Å². The minimum Gasteiger partial charge on any atom is -0.484 e. The molecule has 0 saturated heterocycles. The van der Waals surface area contributed by atoms with E-state index in [1.54, 1.807) is 24.3 Å². The van der Waals surface area contributed by atoms with E-state index >= 15 is 0 Å². The summed E-state index contributed by atoms with van der Waals surface area (Å²) in [5, 5.41) is 3.62. The van der Waals surface area contributed by atoms with Crippen LogP contribution in [0.5, 0.6) is 5.75 Å². The SMILES string of the molecule is CC(C)C(NC(=O)COc1ccc(Cl)cc1)c1nc2ccccc2[nH]1. The summed E-state index contributed by atoms with van der Waals surface area (Å²) in [7, 11) is 0. The van der Waals surface area contributed by atoms with Crippen molar-refractivity contribution in [1.29, 1.82) is 0 Å². The van der Waals surface area contributed by atoms with Crippen LogP contribution in [0.4, 0.5) is 0 Å². The molecule has 0 spiro atoms. The number of nitrogens with zero attached hydrogens (tertiary/aromatic N) is 1. The van der Waals surface area contributed by atoms with E-state index in [4.69, 9.17) is 16.3 Å². The predicted octanol–water partition coefficient (Wildman–Crippen LogP) is 4.11. The van der Waals surface area contributed by atoms with E-state index < -0.39 is 0 Å². The molecule has 0 aliphatic carbocycles. The molecule has 0 radical (unpaired) electrons. The van der Waals surface area contributed by atoms with E-state index in [-0.39, 0.29) is 24.5 Å². The number of nitrogens with one attached hydrogen (secondary N) is 2. The zero-order valence-corrected chi connectivity index (χ0v) is 14.9. The standard InChI is InChI=1S/C19H20ClN3O2/c1-12(2)18(19-21-15-5-3-4-6-16(15)22-19)23-17(24)11-25-14-9-7-13(20)8-10-14/h3-10,12,18H,11H2,1-2H3,(H,21,22)(H,23,24). The van der Waals surface area contributed by atoms with Gasteiger partial charge in [0, 0.05) is 5.02 Å². The van der Waals surface area contributed by atoms with Crippen molar-refractivity contribution in [2.24, 2.45) is 5.92 Å². The van der Waals surface area contributed by atoms with Crippen LogP contribution in [-0.2, 0) is 4.79 Å². The minimum atomic E-state index is -0.214. The van der Waals surface area contributed by atoms with Gasteiger partial charge in [-0.15, -0.1) is 0 Å². The normalized spacial score (nSPS) is 12.3. The molecule has 5 nitrogen and oxygen atoms in total. The smallest absolute Gasteiger partial charge is 0.258 e. The van der Waals surface area contributed by atoms with E-state index in [2.05, 4.69) is 15.3 Å². The maximum absolute atomic E-state index is 12.3. The van der Waals surface area contributed by atoms with Gasteiger partial charge in [0.2, 0.25) is 0 Å². The summed E-state index contributed by atoms with van der Waals surface area (Å²) >= 11 is 5.83. The highest BCUT2D eigenvalue weighted by molar-refractivity contribution is 6.30. The molecule has 0 saturated carbocycles. The van der Waals surface area contributed by atoms with Crippen molar-refractivity contribution >= 4 is 28.5 Å². The number of fused-ring (bicyclic) bond motifs is 1. The van der Waals surface area contributed by atoms with Gasteiger partial charge in [-0.25, -0.2) is 4.98 Å². The number of carbonyl (C=O) groups excluding carboxylic acids is 1. The highest BCUT2D eigenvalue weighted by atomic mass is 35.5. The summed E-state index contributed by atoms with van der Waals surface area (Å²) in [6, 6.07) is 14.5. The lowest BCUT2D eigenvalue weighted by atomic mass is 10.0. The topological polar surface area (TPSA) is 67.0 Å². The summed E-state index contributed by atoms with van der Waals surface area (Å²) in [5.74, 6) is 1.33. The second kappa shape index (κ2) is 7.57. The zero-order valence-electron chi connectivity index (χ0n) is 14.1. The Morgan fingerprint density at radius 1 is 1.20 bits per heavy atom. The van der Waals surface area contributed by atoms with Crippen LogP contribution < -0.4 is 10.1 Å². The number of aromatic amines is 1. The molecule has 1 unspecified atom stereocenters. The number of imidazole rings is 1. The molecule has 0 aliphatic rings. The van der Waals surface area contributed by atoms with Gasteiger partial charge in [-0.2, -0.15) is 0 Å². The Morgan fingerprint density at radius 2 is 1.92 bits per heavy atom. The van der Waals surface area contributed by atoms with Gasteiger partial charge in [-0.3, -0.25) is 4.79 Å². The van der Waals surface area contributed by atoms with Gasteiger partial charge in [0.15, 0.2) is 6.61 Å². The summed E-state index contributed by atoms with van der Waals surface area (Å²) in [4.78, 5) is 20.2. The molecule has 2 N–H and O–H groups in total. The Bertz CT molecular complexity index is 825. The molecule has 3 aromatic rings. The zero-order chi connectivity index (χ0) is 17.8. The van der Waals surface area contributed by atoms with Gasteiger partial charge in [0.25, 0.3) is 5.91 Å². The van der Waals surface area contributed by atoms with Crippen molar-refractivity contribution in [2.75, 3.05) is 6.61 Å². The van der Waals surface area contributed by atoms with Crippen LogP contribution in [0.15, 0.2) is 48.5 Å². The maximum atomic E-state index is 12.3. The summed E-state index contributed by atoms with van der Waals surface area (Å²) < 4.78 is 5.50. The number of halogens is 1. The number of ether oxygens (including phenoxy) is 1. The molecule has 1 amide bonds. The summed E-state index contributed by atoms with van der Waals surface area (Å²) in [6.07, 6.45) is 0. The van der Waals surface area contributed by atoms with Crippen molar-refractivity contribution in [3.05, 3.63) is 59.4 Å². The van der Waals surface area contributed by atoms with E-state index in [0.29, 0.717) is 10.8 Å². The summed E-state index contributed by atoms with van der Waals surface area (Å²) in [6.45, 7) is 4.02. The number of amides is 1. The largest absolute Gasteiger partial charge is 0.484 e. The molecule has 130 valence electrons. The number of rotatable bonds is 6. The molecular weight excluding hydrogens is 338 g/mol. The number of carbonyl (C=O) groups is 1. The van der Waals surface area contributed by atoms with Gasteiger partial charge in [-0.05, 0) is 42.3 Å². The fourth-order valence-corrected chi connectivity index (χ4v) is 2.69. The average molecular weight is 358 g/mol. The third-order valence-corrected chi connectivity index (χ3v) is 4.12. The molecular formula is C19H20ClN3O2. The Hall–Kier alpha value is -2.53. The maximum Gasteiger partial charge on any atom is 0.258 e. The Kier molecular flexibility index (Phi) is 5.24. The highest BCUT2D eigenvalue weighted by Gasteiger charge is 2.22. The molecule has 0 fully saturated rings. The third-order valence-electron chi connectivity index (χ3n) is 3.87. The Morgan fingerprint density at radius 3 is 2.60 bits per heavy atom. The number of hydrogen-bond acceptors (Lipinski definition) is 3. The number of para-hydroxylation sites is 2. The van der Waals surface area contributed by atoms with Crippen LogP contribution in [0.25, 0.3) is 11.0 Å². The second-order valence-electron chi connectivity index (χ2n) is 6.17. The summed E-state index contributed by atoms with van der Waals surface area (Å²) in [5.41, 5.74) is 1.84. The predicted molar refractivity (Wildman–Crippen MR) is 98.8 cm³/mol. The first-order chi connectivity index (χ1) is 12.0. The van der Waals surface area contributed by atoms with Gasteiger partial charge in [0.05, 0.1) is 17.1 Å². The number of aromatic nitrogens is 2. The molecule has 6 heteroatoms. The van der Waals surface area contributed by atoms with E-state index in [9.17, 15) is 4.79 Å². The van der Waals surface area contributed by atoms with Crippen LogP contribution >= 0.6 is 11.6 Å². The number of H-pyrrole nitrogens is 1. The lowest BCUT2D eigenvalue weighted by Crippen LogP contribution is -2.35. The van der Waals surface area contributed by atoms with Gasteiger partial charge >= 0.3 is 0 Å². The van der Waals surface area contributed by atoms with Crippen LogP contribution in [0, 0.1) is 5.92 Å².